The average molecular weight is 407 g/mol. The molecule has 156 valence electrons. The normalized spacial score (nSPS) is 13.1. The minimum absolute atomic E-state index is 0.0113. The Labute approximate surface area is 175 Å². The standard InChI is InChI=1S/C23H25N3O4/c1-29-16-5-3-15(4-6-16)24-22(27)9-10-23(28)26-12-11-21-19(14-26)18-13-17(30-2)7-8-20(18)25-21/h3-8,13,25H,9-12,14H2,1-2H3,(H,24,27). The molecule has 1 aliphatic heterocycles. The number of carbonyl (C=O) groups excluding carboxylic acids is 2. The number of rotatable bonds is 6. The molecule has 2 heterocycles. The van der Waals surface area contributed by atoms with E-state index in [2.05, 4.69) is 10.3 Å². The number of nitrogens with zero attached hydrogens (tertiary/aromatic N) is 1. The summed E-state index contributed by atoms with van der Waals surface area (Å²) in [6.07, 6.45) is 1.11. The molecule has 0 saturated carbocycles. The van der Waals surface area contributed by atoms with Gasteiger partial charge in [-0.15, -0.1) is 0 Å². The summed E-state index contributed by atoms with van der Waals surface area (Å²) in [5.74, 6) is 1.33. The van der Waals surface area contributed by atoms with Crippen LogP contribution in [0.3, 0.4) is 0 Å². The van der Waals surface area contributed by atoms with Gasteiger partial charge in [-0.25, -0.2) is 0 Å². The van der Waals surface area contributed by atoms with Gasteiger partial charge in [0.25, 0.3) is 0 Å². The van der Waals surface area contributed by atoms with Crippen molar-refractivity contribution in [3.8, 4) is 11.5 Å². The molecule has 0 fully saturated rings. The van der Waals surface area contributed by atoms with Crippen molar-refractivity contribution in [3.05, 3.63) is 53.7 Å². The van der Waals surface area contributed by atoms with Gasteiger partial charge in [0.15, 0.2) is 0 Å². The summed E-state index contributed by atoms with van der Waals surface area (Å²) in [4.78, 5) is 30.2. The highest BCUT2D eigenvalue weighted by Crippen LogP contribution is 2.30. The molecule has 2 aromatic carbocycles. The van der Waals surface area contributed by atoms with Crippen LogP contribution in [0.5, 0.6) is 11.5 Å². The number of carbonyl (C=O) groups is 2. The fraction of sp³-hybridized carbons (Fsp3) is 0.304. The lowest BCUT2D eigenvalue weighted by atomic mass is 10.0. The maximum absolute atomic E-state index is 12.7. The van der Waals surface area contributed by atoms with Gasteiger partial charge in [-0.1, -0.05) is 0 Å². The number of hydrogen-bond acceptors (Lipinski definition) is 4. The zero-order valence-corrected chi connectivity index (χ0v) is 17.2. The highest BCUT2D eigenvalue weighted by atomic mass is 16.5. The monoisotopic (exact) mass is 407 g/mol. The van der Waals surface area contributed by atoms with E-state index in [9.17, 15) is 9.59 Å². The Bertz CT molecular complexity index is 1070. The maximum Gasteiger partial charge on any atom is 0.224 e. The summed E-state index contributed by atoms with van der Waals surface area (Å²) in [5, 5.41) is 3.90. The van der Waals surface area contributed by atoms with Gasteiger partial charge in [0.2, 0.25) is 11.8 Å². The molecule has 0 unspecified atom stereocenters. The summed E-state index contributed by atoms with van der Waals surface area (Å²) >= 11 is 0. The Morgan fingerprint density at radius 3 is 2.50 bits per heavy atom. The number of aromatic nitrogens is 1. The van der Waals surface area contributed by atoms with Gasteiger partial charge in [-0.3, -0.25) is 9.59 Å². The van der Waals surface area contributed by atoms with Crippen molar-refractivity contribution < 1.29 is 19.1 Å². The fourth-order valence-corrected chi connectivity index (χ4v) is 3.81. The highest BCUT2D eigenvalue weighted by Gasteiger charge is 2.24. The SMILES string of the molecule is COc1ccc(NC(=O)CCC(=O)N2CCc3[nH]c4ccc(OC)cc4c3C2)cc1. The molecule has 30 heavy (non-hydrogen) atoms. The van der Waals surface area contributed by atoms with Gasteiger partial charge in [-0.2, -0.15) is 0 Å². The first-order valence-electron chi connectivity index (χ1n) is 9.96. The van der Waals surface area contributed by atoms with Crippen molar-refractivity contribution in [1.82, 2.24) is 9.88 Å². The molecule has 4 rings (SSSR count). The molecule has 7 nitrogen and oxygen atoms in total. The molecule has 1 aliphatic rings. The van der Waals surface area contributed by atoms with Crippen LogP contribution in [0.1, 0.15) is 24.1 Å². The van der Waals surface area contributed by atoms with Crippen LogP contribution in [0.15, 0.2) is 42.5 Å². The highest BCUT2D eigenvalue weighted by molar-refractivity contribution is 5.93. The Morgan fingerprint density at radius 1 is 1.03 bits per heavy atom. The zero-order chi connectivity index (χ0) is 21.1. The number of nitrogens with one attached hydrogen (secondary N) is 2. The molecule has 0 aliphatic carbocycles. The summed E-state index contributed by atoms with van der Waals surface area (Å²) < 4.78 is 10.4. The second kappa shape index (κ2) is 8.49. The number of amides is 2. The number of hydrogen-bond donors (Lipinski definition) is 2. The smallest absolute Gasteiger partial charge is 0.224 e. The number of anilines is 1. The first-order chi connectivity index (χ1) is 14.6. The molecule has 7 heteroatoms. The van der Waals surface area contributed by atoms with Gasteiger partial charge in [-0.05, 0) is 42.5 Å². The molecular formula is C23H25N3O4. The van der Waals surface area contributed by atoms with E-state index in [0.717, 1.165) is 34.4 Å². The van der Waals surface area contributed by atoms with Crippen LogP contribution in [0.4, 0.5) is 5.69 Å². The van der Waals surface area contributed by atoms with E-state index in [-0.39, 0.29) is 24.7 Å². The van der Waals surface area contributed by atoms with Gasteiger partial charge in [0.1, 0.15) is 11.5 Å². The quantitative estimate of drug-likeness (QED) is 0.655. The number of H-pyrrole nitrogens is 1. The van der Waals surface area contributed by atoms with Crippen LogP contribution in [0, 0.1) is 0 Å². The van der Waals surface area contributed by atoms with Crippen LogP contribution < -0.4 is 14.8 Å². The lowest BCUT2D eigenvalue weighted by Gasteiger charge is -2.27. The first kappa shape index (κ1) is 19.8. The van der Waals surface area contributed by atoms with Crippen LogP contribution in [0.25, 0.3) is 10.9 Å². The zero-order valence-electron chi connectivity index (χ0n) is 17.2. The lowest BCUT2D eigenvalue weighted by Crippen LogP contribution is -2.36. The van der Waals surface area contributed by atoms with Crippen molar-refractivity contribution >= 4 is 28.4 Å². The largest absolute Gasteiger partial charge is 0.497 e. The van der Waals surface area contributed by atoms with Gasteiger partial charge in [0, 0.05) is 60.2 Å². The van der Waals surface area contributed by atoms with Crippen LogP contribution in [-0.4, -0.2) is 42.5 Å². The minimum atomic E-state index is -0.178. The number of methoxy groups -OCH3 is 2. The number of ether oxygens (including phenoxy) is 2. The Kier molecular flexibility index (Phi) is 5.61. The molecule has 0 radical (unpaired) electrons. The van der Waals surface area contributed by atoms with Crippen molar-refractivity contribution in [2.75, 3.05) is 26.1 Å². The predicted octanol–water partition coefficient (Wildman–Crippen LogP) is 3.49. The van der Waals surface area contributed by atoms with Crippen molar-refractivity contribution in [2.24, 2.45) is 0 Å². The first-order valence-corrected chi connectivity index (χ1v) is 9.96. The van der Waals surface area contributed by atoms with Gasteiger partial charge < -0.3 is 24.7 Å². The van der Waals surface area contributed by atoms with E-state index in [1.165, 1.54) is 5.69 Å². The summed E-state index contributed by atoms with van der Waals surface area (Å²) in [6.45, 7) is 1.19. The van der Waals surface area contributed by atoms with E-state index in [1.807, 2.05) is 23.1 Å². The predicted molar refractivity (Wildman–Crippen MR) is 115 cm³/mol. The molecule has 0 atom stereocenters. The third kappa shape index (κ3) is 4.10. The number of benzene rings is 2. The molecule has 0 saturated heterocycles. The topological polar surface area (TPSA) is 83.7 Å². The number of fused-ring (bicyclic) bond motifs is 3. The summed E-state index contributed by atoms with van der Waals surface area (Å²) in [7, 11) is 3.24. The summed E-state index contributed by atoms with van der Waals surface area (Å²) in [5.41, 5.74) is 4.03. The second-order valence-corrected chi connectivity index (χ2v) is 7.34. The van der Waals surface area contributed by atoms with Gasteiger partial charge in [0.05, 0.1) is 14.2 Å². The average Bonchev–Trinajstić information content (AvgIpc) is 3.15. The van der Waals surface area contributed by atoms with Crippen LogP contribution in [0.2, 0.25) is 0 Å². The molecule has 0 spiro atoms. The van der Waals surface area contributed by atoms with E-state index in [4.69, 9.17) is 9.47 Å². The third-order valence-electron chi connectivity index (χ3n) is 5.47. The Morgan fingerprint density at radius 2 is 1.77 bits per heavy atom. The second-order valence-electron chi connectivity index (χ2n) is 7.34. The third-order valence-corrected chi connectivity index (χ3v) is 5.47. The minimum Gasteiger partial charge on any atom is -0.497 e. The van der Waals surface area contributed by atoms with E-state index in [1.54, 1.807) is 38.5 Å². The number of aromatic amines is 1. The maximum atomic E-state index is 12.7. The van der Waals surface area contributed by atoms with Crippen LogP contribution in [-0.2, 0) is 22.6 Å². The molecule has 2 amide bonds. The summed E-state index contributed by atoms with van der Waals surface area (Å²) in [6, 6.07) is 13.0. The van der Waals surface area contributed by atoms with E-state index >= 15 is 0 Å². The molecule has 3 aromatic rings. The van der Waals surface area contributed by atoms with E-state index < -0.39 is 0 Å². The van der Waals surface area contributed by atoms with Crippen molar-refractivity contribution in [3.63, 3.8) is 0 Å². The molecule has 0 bridgehead atoms. The molecule has 2 N–H and O–H groups in total. The Balaban J connectivity index is 1.36. The lowest BCUT2D eigenvalue weighted by molar-refractivity contribution is -0.133. The van der Waals surface area contributed by atoms with Crippen LogP contribution >= 0.6 is 0 Å². The Hall–Kier alpha value is -3.48. The fourth-order valence-electron chi connectivity index (χ4n) is 3.81. The van der Waals surface area contributed by atoms with E-state index in [0.29, 0.717) is 18.8 Å². The molecule has 1 aromatic heterocycles. The van der Waals surface area contributed by atoms with Crippen molar-refractivity contribution in [1.29, 1.82) is 0 Å². The molecular weight excluding hydrogens is 382 g/mol. The van der Waals surface area contributed by atoms with Gasteiger partial charge >= 0.3 is 0 Å². The van der Waals surface area contributed by atoms with Crippen molar-refractivity contribution in [2.45, 2.75) is 25.8 Å².